The molecule has 186 valence electrons. The van der Waals surface area contributed by atoms with E-state index in [0.717, 1.165) is 33.2 Å². The Kier molecular flexibility index (Phi) is 9.02. The van der Waals surface area contributed by atoms with Crippen LogP contribution >= 0.6 is 0 Å². The lowest BCUT2D eigenvalue weighted by Crippen LogP contribution is -1.82. The normalized spacial score (nSPS) is 10.1. The number of para-hydroxylation sites is 3. The molecule has 6 aromatic rings. The summed E-state index contributed by atoms with van der Waals surface area (Å²) in [6.07, 6.45) is 0. The van der Waals surface area contributed by atoms with Gasteiger partial charge in [-0.25, -0.2) is 15.0 Å². The third-order valence-electron chi connectivity index (χ3n) is 5.51. The van der Waals surface area contributed by atoms with Gasteiger partial charge in [-0.3, -0.25) is 0 Å². The molecule has 0 saturated heterocycles. The average Bonchev–Trinajstić information content (AvgIpc) is 2.87. The number of phenolic OH excluding ortho intramolecular Hbond substituents is 3. The van der Waals surface area contributed by atoms with Crippen LogP contribution in [0.25, 0.3) is 32.7 Å². The van der Waals surface area contributed by atoms with Gasteiger partial charge in [-0.15, -0.1) is 0 Å². The van der Waals surface area contributed by atoms with E-state index in [0.29, 0.717) is 16.6 Å². The molecular formula is C30H30AlN3O3. The zero-order valence-electron chi connectivity index (χ0n) is 20.3. The highest BCUT2D eigenvalue weighted by molar-refractivity contribution is 5.85. The minimum absolute atomic E-state index is 0. The molecule has 0 aliphatic carbocycles. The summed E-state index contributed by atoms with van der Waals surface area (Å²) in [5.41, 5.74) is 4.80. The highest BCUT2D eigenvalue weighted by Crippen LogP contribution is 2.23. The van der Waals surface area contributed by atoms with Gasteiger partial charge >= 0.3 is 0 Å². The monoisotopic (exact) mass is 507 g/mol. The summed E-state index contributed by atoms with van der Waals surface area (Å²) in [5, 5.41) is 31.2. The second kappa shape index (κ2) is 12.2. The van der Waals surface area contributed by atoms with Gasteiger partial charge in [0.1, 0.15) is 33.8 Å². The zero-order valence-corrected chi connectivity index (χ0v) is 20.3. The second-order valence-corrected chi connectivity index (χ2v) is 8.40. The summed E-state index contributed by atoms with van der Waals surface area (Å²) in [7, 11) is 0. The fourth-order valence-corrected chi connectivity index (χ4v) is 3.69. The predicted molar refractivity (Wildman–Crippen MR) is 154 cm³/mol. The van der Waals surface area contributed by atoms with E-state index in [1.54, 1.807) is 18.2 Å². The molecule has 3 aromatic heterocycles. The lowest BCUT2D eigenvalue weighted by atomic mass is 10.2. The number of nitrogens with zero attached hydrogens (tertiary/aromatic N) is 3. The Bertz CT molecular complexity index is 1470. The van der Waals surface area contributed by atoms with E-state index in [1.165, 1.54) is 0 Å². The molecule has 0 radical (unpaired) electrons. The summed E-state index contributed by atoms with van der Waals surface area (Å²) in [5.74, 6) is 0.739. The van der Waals surface area contributed by atoms with Crippen LogP contribution in [0.4, 0.5) is 0 Å². The minimum Gasteiger partial charge on any atom is -0.506 e. The minimum atomic E-state index is 0. The Labute approximate surface area is 226 Å². The first kappa shape index (κ1) is 27.4. The van der Waals surface area contributed by atoms with Crippen molar-refractivity contribution in [2.75, 3.05) is 0 Å². The summed E-state index contributed by atoms with van der Waals surface area (Å²) >= 11 is 0. The van der Waals surface area contributed by atoms with Crippen LogP contribution in [0.2, 0.25) is 0 Å². The molecule has 6 nitrogen and oxygen atoms in total. The number of hydrogen-bond acceptors (Lipinski definition) is 6. The average molecular weight is 508 g/mol. The Hall–Kier alpha value is -4.18. The Morgan fingerprint density at radius 2 is 0.676 bits per heavy atom. The Morgan fingerprint density at radius 3 is 0.946 bits per heavy atom. The number of rotatable bonds is 0. The van der Waals surface area contributed by atoms with Crippen molar-refractivity contribution in [1.29, 1.82) is 0 Å². The molecule has 6 rings (SSSR count). The lowest BCUT2D eigenvalue weighted by molar-refractivity contribution is 0.480. The van der Waals surface area contributed by atoms with Crippen LogP contribution < -0.4 is 0 Å². The van der Waals surface area contributed by atoms with E-state index < -0.39 is 0 Å². The molecule has 0 bridgehead atoms. The summed E-state index contributed by atoms with van der Waals surface area (Å²) < 4.78 is 0. The van der Waals surface area contributed by atoms with Crippen LogP contribution in [-0.2, 0) is 0 Å². The number of benzene rings is 3. The van der Waals surface area contributed by atoms with E-state index >= 15 is 0 Å². The van der Waals surface area contributed by atoms with Crippen LogP contribution in [0.1, 0.15) is 17.1 Å². The molecule has 0 unspecified atom stereocenters. The quantitative estimate of drug-likeness (QED) is 0.233. The third kappa shape index (κ3) is 6.74. The van der Waals surface area contributed by atoms with Crippen molar-refractivity contribution in [3.63, 3.8) is 0 Å². The number of aryl methyl sites for hydroxylation is 3. The zero-order chi connectivity index (χ0) is 25.7. The molecule has 3 aromatic carbocycles. The molecule has 0 atom stereocenters. The number of fused-ring (bicyclic) bond motifs is 3. The smallest absolute Gasteiger partial charge is 0.187 e. The summed E-state index contributed by atoms with van der Waals surface area (Å²) in [6, 6.07) is 27.8. The molecule has 0 aliphatic heterocycles. The van der Waals surface area contributed by atoms with Crippen molar-refractivity contribution < 1.29 is 15.3 Å². The van der Waals surface area contributed by atoms with Crippen molar-refractivity contribution in [2.24, 2.45) is 0 Å². The van der Waals surface area contributed by atoms with E-state index in [2.05, 4.69) is 15.0 Å². The van der Waals surface area contributed by atoms with Gasteiger partial charge < -0.3 is 15.3 Å². The van der Waals surface area contributed by atoms with E-state index in [-0.39, 0.29) is 34.6 Å². The highest BCUT2D eigenvalue weighted by atomic mass is 27.0. The number of aromatic hydroxyl groups is 3. The van der Waals surface area contributed by atoms with Gasteiger partial charge in [0.05, 0.1) is 0 Å². The molecule has 3 N–H and O–H groups in total. The van der Waals surface area contributed by atoms with Crippen LogP contribution in [-0.4, -0.2) is 47.6 Å². The van der Waals surface area contributed by atoms with Gasteiger partial charge in [-0.05, 0) is 57.2 Å². The number of hydrogen-bond donors (Lipinski definition) is 3. The molecular weight excluding hydrogens is 477 g/mol. The molecule has 3 heterocycles. The van der Waals surface area contributed by atoms with Crippen molar-refractivity contribution in [3.8, 4) is 17.2 Å². The molecule has 0 saturated carbocycles. The van der Waals surface area contributed by atoms with E-state index in [4.69, 9.17) is 0 Å². The van der Waals surface area contributed by atoms with E-state index in [9.17, 15) is 15.3 Å². The molecule has 0 amide bonds. The van der Waals surface area contributed by atoms with Crippen molar-refractivity contribution >= 4 is 50.1 Å². The van der Waals surface area contributed by atoms with Crippen LogP contribution in [0, 0.1) is 20.8 Å². The SMILES string of the molecule is Cc1ccc2cccc(O)c2n1.Cc1ccc2cccc(O)c2n1.Cc1ccc2cccc(O)c2n1.[AlH3]. The maximum absolute atomic E-state index is 9.43. The fraction of sp³-hybridized carbons (Fsp3) is 0.100. The van der Waals surface area contributed by atoms with Crippen molar-refractivity contribution in [1.82, 2.24) is 15.0 Å². The second-order valence-electron chi connectivity index (χ2n) is 8.40. The van der Waals surface area contributed by atoms with Crippen LogP contribution in [0.3, 0.4) is 0 Å². The first-order valence-corrected chi connectivity index (χ1v) is 11.5. The largest absolute Gasteiger partial charge is 0.506 e. The van der Waals surface area contributed by atoms with Crippen LogP contribution in [0.5, 0.6) is 17.2 Å². The lowest BCUT2D eigenvalue weighted by Gasteiger charge is -1.99. The summed E-state index contributed by atoms with van der Waals surface area (Å²) in [4.78, 5) is 12.7. The fourth-order valence-electron chi connectivity index (χ4n) is 3.69. The topological polar surface area (TPSA) is 99.4 Å². The molecule has 0 aliphatic rings. The number of phenols is 3. The summed E-state index contributed by atoms with van der Waals surface area (Å²) in [6.45, 7) is 5.73. The van der Waals surface area contributed by atoms with Gasteiger partial charge in [0, 0.05) is 33.2 Å². The maximum Gasteiger partial charge on any atom is 0.187 e. The van der Waals surface area contributed by atoms with Gasteiger partial charge in [0.2, 0.25) is 0 Å². The van der Waals surface area contributed by atoms with Gasteiger partial charge in [-0.2, -0.15) is 0 Å². The van der Waals surface area contributed by atoms with Gasteiger partial charge in [0.25, 0.3) is 0 Å². The predicted octanol–water partition coefficient (Wildman–Crippen LogP) is 5.56. The van der Waals surface area contributed by atoms with Gasteiger partial charge in [0.15, 0.2) is 17.4 Å². The first-order valence-electron chi connectivity index (χ1n) is 11.5. The molecule has 0 fully saturated rings. The Morgan fingerprint density at radius 1 is 0.405 bits per heavy atom. The molecule has 0 spiro atoms. The number of pyridine rings is 3. The van der Waals surface area contributed by atoms with E-state index in [1.807, 2.05) is 93.6 Å². The number of aromatic nitrogens is 3. The van der Waals surface area contributed by atoms with Crippen molar-refractivity contribution in [2.45, 2.75) is 20.8 Å². The van der Waals surface area contributed by atoms with Crippen LogP contribution in [0.15, 0.2) is 91.0 Å². The standard InChI is InChI=1S/3C10H9NO.Al.3H/c3*1-7-5-6-8-3-2-4-9(12)10(8)11-7;;;;/h3*2-6,12H,1H3;;;;. The molecule has 7 heteroatoms. The van der Waals surface area contributed by atoms with Gasteiger partial charge in [-0.1, -0.05) is 54.6 Å². The maximum atomic E-state index is 9.43. The van der Waals surface area contributed by atoms with Crippen molar-refractivity contribution in [3.05, 3.63) is 108 Å². The molecule has 37 heavy (non-hydrogen) atoms. The first-order chi connectivity index (χ1) is 17.3. The highest BCUT2D eigenvalue weighted by Gasteiger charge is 2.01. The third-order valence-corrected chi connectivity index (χ3v) is 5.51. The Balaban J connectivity index is 0.000000152.